The van der Waals surface area contributed by atoms with E-state index in [1.54, 1.807) is 18.2 Å². The Morgan fingerprint density at radius 2 is 1.67 bits per heavy atom. The molecule has 0 fully saturated rings. The van der Waals surface area contributed by atoms with Gasteiger partial charge < -0.3 is 15.4 Å². The summed E-state index contributed by atoms with van der Waals surface area (Å²) in [4.78, 5) is 24.3. The van der Waals surface area contributed by atoms with E-state index < -0.39 is 0 Å². The van der Waals surface area contributed by atoms with Crippen LogP contribution in [0.2, 0.25) is 0 Å². The van der Waals surface area contributed by atoms with Gasteiger partial charge in [0.05, 0.1) is 6.61 Å². The van der Waals surface area contributed by atoms with Gasteiger partial charge in [0.25, 0.3) is 5.91 Å². The standard InChI is InChI=1S/C25H32N2O3/c1-4-5-6-7-10-17-30-23-15-13-22(14-16-23)27-25(29)24(26-20(3)28)18-21-12-9-8-11-19(21)2/h8-9,11-16,18H,4-7,10,17H2,1-3H3,(H,26,28)(H,27,29). The highest BCUT2D eigenvalue weighted by Crippen LogP contribution is 2.18. The number of ether oxygens (including phenoxy) is 1. The van der Waals surface area contributed by atoms with Crippen LogP contribution in [0, 0.1) is 6.92 Å². The Labute approximate surface area is 179 Å². The summed E-state index contributed by atoms with van der Waals surface area (Å²) in [6, 6.07) is 14.9. The van der Waals surface area contributed by atoms with E-state index in [1.807, 2.05) is 43.3 Å². The number of benzene rings is 2. The van der Waals surface area contributed by atoms with E-state index in [0.717, 1.165) is 23.3 Å². The summed E-state index contributed by atoms with van der Waals surface area (Å²) in [6.45, 7) is 6.24. The van der Waals surface area contributed by atoms with Crippen LogP contribution in [0.5, 0.6) is 5.75 Å². The van der Waals surface area contributed by atoms with Crippen LogP contribution < -0.4 is 15.4 Å². The van der Waals surface area contributed by atoms with Gasteiger partial charge in [-0.15, -0.1) is 0 Å². The summed E-state index contributed by atoms with van der Waals surface area (Å²) in [6.07, 6.45) is 7.66. The van der Waals surface area contributed by atoms with E-state index in [-0.39, 0.29) is 17.5 Å². The summed E-state index contributed by atoms with van der Waals surface area (Å²) in [5.74, 6) is 0.103. The lowest BCUT2D eigenvalue weighted by Gasteiger charge is -2.11. The molecule has 5 heteroatoms. The summed E-state index contributed by atoms with van der Waals surface area (Å²) in [5.41, 5.74) is 2.73. The number of rotatable bonds is 11. The van der Waals surface area contributed by atoms with Crippen molar-refractivity contribution in [2.45, 2.75) is 52.9 Å². The summed E-state index contributed by atoms with van der Waals surface area (Å²) in [7, 11) is 0. The molecule has 2 aromatic carbocycles. The van der Waals surface area contributed by atoms with E-state index in [9.17, 15) is 9.59 Å². The summed E-state index contributed by atoms with van der Waals surface area (Å²) < 4.78 is 5.76. The lowest BCUT2D eigenvalue weighted by Crippen LogP contribution is -2.29. The van der Waals surface area contributed by atoms with Crippen molar-refractivity contribution < 1.29 is 14.3 Å². The van der Waals surface area contributed by atoms with Crippen molar-refractivity contribution >= 4 is 23.6 Å². The molecule has 0 aliphatic heterocycles. The minimum absolute atomic E-state index is 0.198. The molecule has 5 nitrogen and oxygen atoms in total. The van der Waals surface area contributed by atoms with Gasteiger partial charge in [0.1, 0.15) is 11.4 Å². The Bertz CT molecular complexity index is 857. The number of carbonyl (C=O) groups is 2. The second-order valence-electron chi connectivity index (χ2n) is 7.34. The van der Waals surface area contributed by atoms with Crippen molar-refractivity contribution in [3.63, 3.8) is 0 Å². The molecule has 0 radical (unpaired) electrons. The van der Waals surface area contributed by atoms with Crippen molar-refractivity contribution in [3.05, 3.63) is 65.4 Å². The van der Waals surface area contributed by atoms with E-state index in [0.29, 0.717) is 12.3 Å². The van der Waals surface area contributed by atoms with Gasteiger partial charge in [-0.25, -0.2) is 0 Å². The SMILES string of the molecule is CCCCCCCOc1ccc(NC(=O)C(=Cc2ccccc2C)NC(C)=O)cc1. The largest absolute Gasteiger partial charge is 0.494 e. The van der Waals surface area contributed by atoms with Crippen LogP contribution in [0.15, 0.2) is 54.2 Å². The lowest BCUT2D eigenvalue weighted by molar-refractivity contribution is -0.120. The molecular formula is C25H32N2O3. The fourth-order valence-electron chi connectivity index (χ4n) is 2.98. The van der Waals surface area contributed by atoms with Crippen LogP contribution in [0.4, 0.5) is 5.69 Å². The second kappa shape index (κ2) is 12.5. The minimum atomic E-state index is -0.377. The van der Waals surface area contributed by atoms with Gasteiger partial charge in [0.2, 0.25) is 5.91 Å². The molecule has 0 saturated carbocycles. The molecule has 30 heavy (non-hydrogen) atoms. The van der Waals surface area contributed by atoms with E-state index in [4.69, 9.17) is 4.74 Å². The van der Waals surface area contributed by atoms with Crippen LogP contribution in [0.25, 0.3) is 6.08 Å². The molecule has 2 amide bonds. The maximum atomic E-state index is 12.7. The zero-order chi connectivity index (χ0) is 21.8. The van der Waals surface area contributed by atoms with Crippen LogP contribution in [0.3, 0.4) is 0 Å². The maximum Gasteiger partial charge on any atom is 0.272 e. The third kappa shape index (κ3) is 8.11. The number of hydrogen-bond acceptors (Lipinski definition) is 3. The normalized spacial score (nSPS) is 11.1. The molecule has 160 valence electrons. The number of hydrogen-bond donors (Lipinski definition) is 2. The number of amides is 2. The topological polar surface area (TPSA) is 67.4 Å². The van der Waals surface area contributed by atoms with Gasteiger partial charge in [-0.05, 0) is 54.8 Å². The van der Waals surface area contributed by atoms with E-state index in [2.05, 4.69) is 17.6 Å². The van der Waals surface area contributed by atoms with Gasteiger partial charge in [-0.2, -0.15) is 0 Å². The smallest absolute Gasteiger partial charge is 0.272 e. The molecule has 0 spiro atoms. The van der Waals surface area contributed by atoms with Crippen molar-refractivity contribution in [2.75, 3.05) is 11.9 Å². The molecule has 0 heterocycles. The number of anilines is 1. The predicted molar refractivity (Wildman–Crippen MR) is 122 cm³/mol. The first-order chi connectivity index (χ1) is 14.5. The monoisotopic (exact) mass is 408 g/mol. The van der Waals surface area contributed by atoms with Gasteiger partial charge in [-0.3, -0.25) is 9.59 Å². The van der Waals surface area contributed by atoms with Crippen LogP contribution >= 0.6 is 0 Å². The quantitative estimate of drug-likeness (QED) is 0.383. The van der Waals surface area contributed by atoms with Crippen molar-refractivity contribution in [1.29, 1.82) is 0 Å². The first kappa shape index (κ1) is 23.2. The number of nitrogens with one attached hydrogen (secondary N) is 2. The van der Waals surface area contributed by atoms with Gasteiger partial charge in [0, 0.05) is 12.6 Å². The Balaban J connectivity index is 1.96. The van der Waals surface area contributed by atoms with Crippen LogP contribution in [-0.2, 0) is 9.59 Å². The van der Waals surface area contributed by atoms with Crippen molar-refractivity contribution in [3.8, 4) is 5.75 Å². The van der Waals surface area contributed by atoms with Gasteiger partial charge in [0.15, 0.2) is 0 Å². The highest BCUT2D eigenvalue weighted by molar-refractivity contribution is 6.08. The third-order valence-corrected chi connectivity index (χ3v) is 4.67. The van der Waals surface area contributed by atoms with Crippen LogP contribution in [0.1, 0.15) is 57.1 Å². The second-order valence-corrected chi connectivity index (χ2v) is 7.34. The van der Waals surface area contributed by atoms with E-state index >= 15 is 0 Å². The zero-order valence-corrected chi connectivity index (χ0v) is 18.2. The molecule has 2 N–H and O–H groups in total. The fraction of sp³-hybridized carbons (Fsp3) is 0.360. The number of unbranched alkanes of at least 4 members (excludes halogenated alkanes) is 4. The van der Waals surface area contributed by atoms with Gasteiger partial charge >= 0.3 is 0 Å². The Morgan fingerprint density at radius 1 is 0.967 bits per heavy atom. The first-order valence-electron chi connectivity index (χ1n) is 10.6. The Morgan fingerprint density at radius 3 is 2.33 bits per heavy atom. The number of aryl methyl sites for hydroxylation is 1. The lowest BCUT2D eigenvalue weighted by atomic mass is 10.1. The number of carbonyl (C=O) groups excluding carboxylic acids is 2. The summed E-state index contributed by atoms with van der Waals surface area (Å²) >= 11 is 0. The molecule has 0 aromatic heterocycles. The Kier molecular flexibility index (Phi) is 9.65. The molecule has 0 bridgehead atoms. The molecule has 0 atom stereocenters. The molecule has 2 aromatic rings. The molecule has 0 unspecified atom stereocenters. The molecule has 0 aliphatic carbocycles. The van der Waals surface area contributed by atoms with E-state index in [1.165, 1.54) is 32.6 Å². The highest BCUT2D eigenvalue weighted by Gasteiger charge is 2.12. The van der Waals surface area contributed by atoms with Crippen LogP contribution in [-0.4, -0.2) is 18.4 Å². The minimum Gasteiger partial charge on any atom is -0.494 e. The molecule has 2 rings (SSSR count). The third-order valence-electron chi connectivity index (χ3n) is 4.67. The average molecular weight is 409 g/mol. The Hall–Kier alpha value is -3.08. The predicted octanol–water partition coefficient (Wildman–Crippen LogP) is 5.46. The maximum absolute atomic E-state index is 12.7. The highest BCUT2D eigenvalue weighted by atomic mass is 16.5. The summed E-state index contributed by atoms with van der Waals surface area (Å²) in [5, 5.41) is 5.45. The van der Waals surface area contributed by atoms with Gasteiger partial charge in [-0.1, -0.05) is 56.9 Å². The van der Waals surface area contributed by atoms with Crippen molar-refractivity contribution in [2.24, 2.45) is 0 Å². The first-order valence-corrected chi connectivity index (χ1v) is 10.6. The zero-order valence-electron chi connectivity index (χ0n) is 18.2. The molecule has 0 aliphatic rings. The van der Waals surface area contributed by atoms with Crippen molar-refractivity contribution in [1.82, 2.24) is 5.32 Å². The fourth-order valence-corrected chi connectivity index (χ4v) is 2.98. The molecular weight excluding hydrogens is 376 g/mol. The molecule has 0 saturated heterocycles. The average Bonchev–Trinajstić information content (AvgIpc) is 2.72.